The number of rotatable bonds is 10. The number of furan rings is 1. The van der Waals surface area contributed by atoms with Gasteiger partial charge in [-0.15, -0.1) is 11.8 Å². The SMILES string of the molecule is CC(C)(Sc1ccc(CN(Cc2ccco2)Cc2cc(-c3ccc(Cl)cc3)no2)cc1)C(=O)O. The molecule has 0 saturated carbocycles. The number of nitrogens with zero attached hydrogens (tertiary/aromatic N) is 2. The highest BCUT2D eigenvalue weighted by molar-refractivity contribution is 8.01. The molecule has 0 amide bonds. The second kappa shape index (κ2) is 10.5. The Bertz CT molecular complexity index is 1220. The molecular formula is C26H25ClN2O4S. The number of carbonyl (C=O) groups is 1. The summed E-state index contributed by atoms with van der Waals surface area (Å²) in [4.78, 5) is 14.5. The van der Waals surface area contributed by atoms with E-state index in [9.17, 15) is 9.90 Å². The van der Waals surface area contributed by atoms with Crippen LogP contribution in [0.3, 0.4) is 0 Å². The first-order chi connectivity index (χ1) is 16.3. The van der Waals surface area contributed by atoms with Crippen LogP contribution in [-0.4, -0.2) is 25.9 Å². The lowest BCUT2D eigenvalue weighted by atomic mass is 10.1. The fourth-order valence-electron chi connectivity index (χ4n) is 3.41. The van der Waals surface area contributed by atoms with E-state index in [-0.39, 0.29) is 0 Å². The normalized spacial score (nSPS) is 11.8. The van der Waals surface area contributed by atoms with Crippen LogP contribution in [0.1, 0.15) is 30.9 Å². The standard InChI is InChI=1S/C26H25ClN2O4S/c1-26(2,25(30)31)34-23-11-5-18(6-12-23)15-29(16-21-4-3-13-32-21)17-22-14-24(28-33-22)19-7-9-20(27)10-8-19/h3-14H,15-17H2,1-2H3,(H,30,31). The summed E-state index contributed by atoms with van der Waals surface area (Å²) in [6.07, 6.45) is 1.66. The molecule has 0 bridgehead atoms. The van der Waals surface area contributed by atoms with E-state index in [0.29, 0.717) is 24.7 Å². The third kappa shape index (κ3) is 6.32. The number of thioether (sulfide) groups is 1. The number of hydrogen-bond acceptors (Lipinski definition) is 6. The molecule has 6 nitrogen and oxygen atoms in total. The Morgan fingerprint density at radius 1 is 1.03 bits per heavy atom. The van der Waals surface area contributed by atoms with E-state index in [1.54, 1.807) is 20.1 Å². The molecule has 0 saturated heterocycles. The van der Waals surface area contributed by atoms with E-state index in [0.717, 1.165) is 33.2 Å². The van der Waals surface area contributed by atoms with E-state index in [1.165, 1.54) is 11.8 Å². The van der Waals surface area contributed by atoms with Crippen molar-refractivity contribution < 1.29 is 18.8 Å². The highest BCUT2D eigenvalue weighted by atomic mass is 35.5. The van der Waals surface area contributed by atoms with Crippen molar-refractivity contribution >= 4 is 29.3 Å². The quantitative estimate of drug-likeness (QED) is 0.243. The summed E-state index contributed by atoms with van der Waals surface area (Å²) in [6, 6.07) is 21.2. The van der Waals surface area contributed by atoms with Gasteiger partial charge >= 0.3 is 5.97 Å². The lowest BCUT2D eigenvalue weighted by Crippen LogP contribution is -2.26. The minimum absolute atomic E-state index is 0.545. The third-order valence-electron chi connectivity index (χ3n) is 5.26. The fraction of sp³-hybridized carbons (Fsp3) is 0.231. The summed E-state index contributed by atoms with van der Waals surface area (Å²) in [5, 5.41) is 14.3. The molecule has 2 aromatic heterocycles. The molecule has 0 aliphatic carbocycles. The van der Waals surface area contributed by atoms with E-state index in [1.807, 2.05) is 66.7 Å². The zero-order valence-corrected chi connectivity index (χ0v) is 20.5. The Kier molecular flexibility index (Phi) is 7.46. The smallest absolute Gasteiger partial charge is 0.319 e. The van der Waals surface area contributed by atoms with Crippen LogP contribution in [-0.2, 0) is 24.4 Å². The largest absolute Gasteiger partial charge is 0.480 e. The number of hydrogen-bond donors (Lipinski definition) is 1. The molecule has 4 aromatic rings. The lowest BCUT2D eigenvalue weighted by Gasteiger charge is -2.21. The number of benzene rings is 2. The predicted molar refractivity (Wildman–Crippen MR) is 133 cm³/mol. The molecule has 176 valence electrons. The van der Waals surface area contributed by atoms with Gasteiger partial charge in [-0.1, -0.05) is 41.0 Å². The molecule has 2 heterocycles. The zero-order chi connectivity index (χ0) is 24.1. The van der Waals surface area contributed by atoms with Crippen LogP contribution >= 0.6 is 23.4 Å². The highest BCUT2D eigenvalue weighted by Crippen LogP contribution is 2.33. The van der Waals surface area contributed by atoms with Crippen molar-refractivity contribution in [3.63, 3.8) is 0 Å². The Morgan fingerprint density at radius 2 is 1.74 bits per heavy atom. The Balaban J connectivity index is 1.47. The van der Waals surface area contributed by atoms with Crippen LogP contribution in [0.25, 0.3) is 11.3 Å². The first-order valence-electron chi connectivity index (χ1n) is 10.8. The maximum Gasteiger partial charge on any atom is 0.319 e. The first kappa shape index (κ1) is 24.1. The summed E-state index contributed by atoms with van der Waals surface area (Å²) in [5.41, 5.74) is 2.79. The van der Waals surface area contributed by atoms with Crippen molar-refractivity contribution in [3.8, 4) is 11.3 Å². The van der Waals surface area contributed by atoms with Crippen molar-refractivity contribution in [2.24, 2.45) is 0 Å². The third-order valence-corrected chi connectivity index (χ3v) is 6.70. The Hall–Kier alpha value is -3.00. The molecule has 8 heteroatoms. The minimum Gasteiger partial charge on any atom is -0.480 e. The maximum absolute atomic E-state index is 11.4. The maximum atomic E-state index is 11.4. The van der Waals surface area contributed by atoms with Gasteiger partial charge in [0.15, 0.2) is 5.76 Å². The summed E-state index contributed by atoms with van der Waals surface area (Å²) < 4.78 is 10.3. The summed E-state index contributed by atoms with van der Waals surface area (Å²) in [7, 11) is 0. The second-order valence-electron chi connectivity index (χ2n) is 8.47. The van der Waals surface area contributed by atoms with E-state index < -0.39 is 10.7 Å². The summed E-state index contributed by atoms with van der Waals surface area (Å²) >= 11 is 7.32. The molecule has 0 aliphatic heterocycles. The summed E-state index contributed by atoms with van der Waals surface area (Å²) in [5.74, 6) is 0.760. The first-order valence-corrected chi connectivity index (χ1v) is 12.0. The lowest BCUT2D eigenvalue weighted by molar-refractivity contribution is -0.138. The minimum atomic E-state index is -0.888. The predicted octanol–water partition coefficient (Wildman–Crippen LogP) is 6.75. The van der Waals surface area contributed by atoms with Crippen molar-refractivity contribution in [1.82, 2.24) is 10.1 Å². The number of aliphatic carboxylic acids is 1. The Labute approximate surface area is 207 Å². The van der Waals surface area contributed by atoms with E-state index in [2.05, 4.69) is 10.1 Å². The van der Waals surface area contributed by atoms with Gasteiger partial charge < -0.3 is 14.0 Å². The van der Waals surface area contributed by atoms with Gasteiger partial charge in [-0.2, -0.15) is 0 Å². The average molecular weight is 497 g/mol. The zero-order valence-electron chi connectivity index (χ0n) is 18.9. The monoisotopic (exact) mass is 496 g/mol. The number of halogens is 1. The Morgan fingerprint density at radius 3 is 2.38 bits per heavy atom. The summed E-state index contributed by atoms with van der Waals surface area (Å²) in [6.45, 7) is 5.21. The van der Waals surface area contributed by atoms with Crippen LogP contribution in [0.2, 0.25) is 5.02 Å². The van der Waals surface area contributed by atoms with Crippen LogP contribution in [0.5, 0.6) is 0 Å². The van der Waals surface area contributed by atoms with Gasteiger partial charge in [0.25, 0.3) is 0 Å². The van der Waals surface area contributed by atoms with Crippen molar-refractivity contribution in [2.45, 2.75) is 43.1 Å². The number of carboxylic acid groups (broad SMARTS) is 1. The fourth-order valence-corrected chi connectivity index (χ4v) is 4.49. The molecular weight excluding hydrogens is 472 g/mol. The van der Waals surface area contributed by atoms with E-state index >= 15 is 0 Å². The number of carboxylic acids is 1. The molecule has 0 fully saturated rings. The van der Waals surface area contributed by atoms with Gasteiger partial charge in [-0.05, 0) is 55.8 Å². The van der Waals surface area contributed by atoms with E-state index in [4.69, 9.17) is 20.5 Å². The molecule has 4 rings (SSSR count). The molecule has 34 heavy (non-hydrogen) atoms. The van der Waals surface area contributed by atoms with Gasteiger partial charge in [0.05, 0.1) is 19.4 Å². The molecule has 0 spiro atoms. The van der Waals surface area contributed by atoms with Crippen LogP contribution in [0.4, 0.5) is 0 Å². The van der Waals surface area contributed by atoms with Gasteiger partial charge in [0, 0.05) is 28.1 Å². The molecule has 0 radical (unpaired) electrons. The number of aromatic nitrogens is 1. The van der Waals surface area contributed by atoms with Gasteiger partial charge in [0.1, 0.15) is 16.2 Å². The van der Waals surface area contributed by atoms with Gasteiger partial charge in [0.2, 0.25) is 0 Å². The van der Waals surface area contributed by atoms with Crippen molar-refractivity contribution in [3.05, 3.63) is 95.1 Å². The van der Waals surface area contributed by atoms with Crippen LogP contribution in [0, 0.1) is 0 Å². The van der Waals surface area contributed by atoms with Crippen molar-refractivity contribution in [2.75, 3.05) is 0 Å². The van der Waals surface area contributed by atoms with Gasteiger partial charge in [-0.3, -0.25) is 9.69 Å². The average Bonchev–Trinajstić information content (AvgIpc) is 3.48. The van der Waals surface area contributed by atoms with Crippen LogP contribution in [0.15, 0.2) is 86.8 Å². The second-order valence-corrected chi connectivity index (χ2v) is 10.6. The molecule has 0 aliphatic rings. The molecule has 0 unspecified atom stereocenters. The molecule has 2 aromatic carbocycles. The highest BCUT2D eigenvalue weighted by Gasteiger charge is 2.28. The molecule has 1 N–H and O–H groups in total. The van der Waals surface area contributed by atoms with Crippen molar-refractivity contribution in [1.29, 1.82) is 0 Å². The molecule has 0 atom stereocenters. The topological polar surface area (TPSA) is 79.7 Å². The van der Waals surface area contributed by atoms with Gasteiger partial charge in [-0.25, -0.2) is 0 Å². The van der Waals surface area contributed by atoms with Crippen LogP contribution < -0.4 is 0 Å².